The highest BCUT2D eigenvalue weighted by Crippen LogP contribution is 2.40. The zero-order valence-electron chi connectivity index (χ0n) is 29.4. The number of nitrogens with one attached hydrogen (secondary N) is 1. The molecule has 2 aromatic carbocycles. The van der Waals surface area contributed by atoms with Crippen LogP contribution >= 0.6 is 11.8 Å². The first-order chi connectivity index (χ1) is 23.0. The maximum atomic E-state index is 15.1. The number of carbonyl (C=O) groups is 3. The Morgan fingerprint density at radius 3 is 2.37 bits per heavy atom. The third-order valence-electron chi connectivity index (χ3n) is 7.55. The highest BCUT2D eigenvalue weighted by Gasteiger charge is 2.38. The summed E-state index contributed by atoms with van der Waals surface area (Å²) < 4.78 is 36.6. The number of unbranched alkanes of at least 4 members (excludes halogenated alkanes) is 2. The molecule has 0 bridgehead atoms. The van der Waals surface area contributed by atoms with Crippen molar-refractivity contribution in [1.82, 2.24) is 19.8 Å². The minimum Gasteiger partial charge on any atom is -0.481 e. The van der Waals surface area contributed by atoms with Gasteiger partial charge in [0.1, 0.15) is 23.1 Å². The second kappa shape index (κ2) is 18.2. The number of amides is 2. The minimum absolute atomic E-state index is 0.0265. The van der Waals surface area contributed by atoms with Crippen LogP contribution in [0.1, 0.15) is 91.1 Å². The first-order valence-corrected chi connectivity index (χ1v) is 17.8. The molecule has 0 fully saturated rings. The quantitative estimate of drug-likeness (QED) is 0.137. The largest absolute Gasteiger partial charge is 0.481 e. The number of halogens is 2. The van der Waals surface area contributed by atoms with Gasteiger partial charge in [-0.3, -0.25) is 9.59 Å². The van der Waals surface area contributed by atoms with E-state index in [0.717, 1.165) is 36.6 Å². The van der Waals surface area contributed by atoms with Crippen LogP contribution < -0.4 is 5.32 Å². The Bertz CT molecular complexity index is 1540. The van der Waals surface area contributed by atoms with Crippen LogP contribution in [0.5, 0.6) is 0 Å². The molecule has 1 atom stereocenters. The van der Waals surface area contributed by atoms with Crippen LogP contribution in [0.4, 0.5) is 13.6 Å². The van der Waals surface area contributed by atoms with Gasteiger partial charge in [-0.1, -0.05) is 57.5 Å². The summed E-state index contributed by atoms with van der Waals surface area (Å²) in [6, 6.07) is 12.4. The summed E-state index contributed by atoms with van der Waals surface area (Å²) in [4.78, 5) is 44.0. The number of hydrogen-bond donors (Lipinski definition) is 2. The molecule has 3 aromatic rings. The van der Waals surface area contributed by atoms with Gasteiger partial charge in [0.05, 0.1) is 17.5 Å². The van der Waals surface area contributed by atoms with Gasteiger partial charge in [0.25, 0.3) is 0 Å². The molecule has 0 aliphatic rings. The number of benzene rings is 2. The van der Waals surface area contributed by atoms with Crippen molar-refractivity contribution in [2.75, 3.05) is 24.6 Å². The van der Waals surface area contributed by atoms with Gasteiger partial charge in [0, 0.05) is 37.8 Å². The van der Waals surface area contributed by atoms with Gasteiger partial charge in [0.2, 0.25) is 5.91 Å². The summed E-state index contributed by atoms with van der Waals surface area (Å²) >= 11 is 1.49. The van der Waals surface area contributed by atoms with Crippen LogP contribution in [-0.4, -0.2) is 67.7 Å². The number of nitrogens with zero attached hydrogens (tertiary/aromatic N) is 3. The molecule has 1 unspecified atom stereocenters. The van der Waals surface area contributed by atoms with Crippen LogP contribution in [0.15, 0.2) is 54.7 Å². The topological polar surface area (TPSA) is 114 Å². The minimum atomic E-state index is -0.818. The predicted molar refractivity (Wildman–Crippen MR) is 189 cm³/mol. The van der Waals surface area contributed by atoms with Gasteiger partial charge < -0.3 is 24.6 Å². The number of carbonyl (C=O) groups excluding carboxylic acids is 2. The Labute approximate surface area is 292 Å². The van der Waals surface area contributed by atoms with E-state index in [0.29, 0.717) is 31.0 Å². The molecular weight excluding hydrogens is 650 g/mol. The summed E-state index contributed by atoms with van der Waals surface area (Å²) in [5.41, 5.74) is 0.0551. The molecule has 1 heterocycles. The highest BCUT2D eigenvalue weighted by atomic mass is 32.2. The molecular formula is C37H50F2N4O5S. The van der Waals surface area contributed by atoms with Crippen LogP contribution in [-0.2, 0) is 20.9 Å². The molecule has 1 aromatic heterocycles. The molecule has 0 aliphatic carbocycles. The number of rotatable bonds is 17. The van der Waals surface area contributed by atoms with Crippen molar-refractivity contribution >= 4 is 29.7 Å². The lowest BCUT2D eigenvalue weighted by Gasteiger charge is -2.40. The summed E-state index contributed by atoms with van der Waals surface area (Å²) in [7, 11) is 0. The van der Waals surface area contributed by atoms with E-state index in [4.69, 9.17) is 14.8 Å². The molecule has 0 aliphatic heterocycles. The van der Waals surface area contributed by atoms with Gasteiger partial charge in [-0.05, 0) is 75.0 Å². The number of thioether (sulfide) groups is 1. The van der Waals surface area contributed by atoms with E-state index in [9.17, 15) is 18.8 Å². The molecule has 0 radical (unpaired) electrons. The monoisotopic (exact) mass is 700 g/mol. The van der Waals surface area contributed by atoms with Crippen molar-refractivity contribution in [1.29, 1.82) is 0 Å². The molecule has 268 valence electrons. The van der Waals surface area contributed by atoms with Gasteiger partial charge in [-0.15, -0.1) is 0 Å². The summed E-state index contributed by atoms with van der Waals surface area (Å²) in [6.07, 6.45) is 3.85. The van der Waals surface area contributed by atoms with Gasteiger partial charge >= 0.3 is 12.1 Å². The van der Waals surface area contributed by atoms with Crippen molar-refractivity contribution in [3.05, 3.63) is 77.8 Å². The maximum absolute atomic E-state index is 15.1. The van der Waals surface area contributed by atoms with E-state index >= 15 is 4.39 Å². The maximum Gasteiger partial charge on any atom is 0.407 e. The Balaban J connectivity index is 1.97. The fourth-order valence-corrected chi connectivity index (χ4v) is 6.32. The van der Waals surface area contributed by atoms with Gasteiger partial charge in [-0.2, -0.15) is 11.8 Å². The van der Waals surface area contributed by atoms with Gasteiger partial charge in [0.15, 0.2) is 0 Å². The van der Waals surface area contributed by atoms with E-state index in [-0.39, 0.29) is 42.4 Å². The third-order valence-corrected chi connectivity index (χ3v) is 8.58. The lowest BCUT2D eigenvalue weighted by molar-refractivity contribution is -0.137. The number of aliphatic carboxylic acids is 1. The van der Waals surface area contributed by atoms with Crippen molar-refractivity contribution in [2.45, 2.75) is 91.8 Å². The van der Waals surface area contributed by atoms with Crippen molar-refractivity contribution < 1.29 is 33.0 Å². The summed E-state index contributed by atoms with van der Waals surface area (Å²) in [6.45, 7) is 12.3. The van der Waals surface area contributed by atoms with E-state index in [2.05, 4.69) is 5.32 Å². The fourth-order valence-electron chi connectivity index (χ4n) is 5.42. The number of ether oxygens (including phenoxy) is 1. The average molecular weight is 701 g/mol. The second-order valence-electron chi connectivity index (χ2n) is 14.1. The van der Waals surface area contributed by atoms with E-state index in [1.807, 2.05) is 55.7 Å². The molecule has 0 spiro atoms. The fraction of sp³-hybridized carbons (Fsp3) is 0.514. The van der Waals surface area contributed by atoms with Crippen molar-refractivity contribution in [3.8, 4) is 11.3 Å². The number of imidazole rings is 1. The second-order valence-corrected chi connectivity index (χ2v) is 15.2. The van der Waals surface area contributed by atoms with Crippen LogP contribution in [0.25, 0.3) is 11.3 Å². The molecule has 12 heteroatoms. The predicted octanol–water partition coefficient (Wildman–Crippen LogP) is 8.09. The molecule has 2 amide bonds. The number of aromatic nitrogens is 2. The first kappa shape index (κ1) is 39.5. The molecule has 2 N–H and O–H groups in total. The van der Waals surface area contributed by atoms with Crippen LogP contribution in [0, 0.1) is 17.0 Å². The first-order valence-electron chi connectivity index (χ1n) is 16.7. The molecule has 49 heavy (non-hydrogen) atoms. The Hall–Kier alpha value is -3.93. The Morgan fingerprint density at radius 2 is 1.71 bits per heavy atom. The SMILES string of the molecule is CC(C)(C)OC(=O)NCCCN(C(=O)CSCCCCCC(=O)O)C(c1nc(-c2cc(F)ccc2F)cn1Cc1ccccc1)C(C)(C)C. The van der Waals surface area contributed by atoms with Crippen LogP contribution in [0.3, 0.4) is 0 Å². The standard InChI is InChI=1S/C37H50F2N4O5S/c1-36(2,3)33(34-41-30(28-22-27(38)17-18-29(28)39)24-42(34)23-26-14-9-7-10-15-26)43(20-13-19-40-35(47)48-37(4,5)6)31(44)25-49-21-12-8-11-16-32(45)46/h7,9-10,14-15,17-18,22,24,33H,8,11-13,16,19-21,23,25H2,1-6H3,(H,40,47)(H,45,46). The lowest BCUT2D eigenvalue weighted by atomic mass is 9.84. The smallest absolute Gasteiger partial charge is 0.407 e. The van der Waals surface area contributed by atoms with Crippen molar-refractivity contribution in [3.63, 3.8) is 0 Å². The Morgan fingerprint density at radius 1 is 1.00 bits per heavy atom. The zero-order valence-corrected chi connectivity index (χ0v) is 30.2. The highest BCUT2D eigenvalue weighted by molar-refractivity contribution is 7.99. The van der Waals surface area contributed by atoms with E-state index in [1.165, 1.54) is 11.8 Å². The molecule has 9 nitrogen and oxygen atoms in total. The number of alkyl carbamates (subject to hydrolysis) is 1. The zero-order chi connectivity index (χ0) is 36.2. The average Bonchev–Trinajstić information content (AvgIpc) is 3.40. The Kier molecular flexibility index (Phi) is 14.7. The van der Waals surface area contributed by atoms with E-state index < -0.39 is 40.8 Å². The third kappa shape index (κ3) is 13.1. The molecule has 0 saturated carbocycles. The normalized spacial score (nSPS) is 12.4. The summed E-state index contributed by atoms with van der Waals surface area (Å²) in [5.74, 6) is -0.715. The van der Waals surface area contributed by atoms with Crippen LogP contribution in [0.2, 0.25) is 0 Å². The number of carboxylic acids is 1. The van der Waals surface area contributed by atoms with Crippen molar-refractivity contribution in [2.24, 2.45) is 5.41 Å². The summed E-state index contributed by atoms with van der Waals surface area (Å²) in [5, 5.41) is 11.7. The van der Waals surface area contributed by atoms with E-state index in [1.54, 1.807) is 31.9 Å². The number of carboxylic acid groups (broad SMARTS) is 1. The van der Waals surface area contributed by atoms with Gasteiger partial charge in [-0.25, -0.2) is 18.6 Å². The molecule has 0 saturated heterocycles. The number of hydrogen-bond acceptors (Lipinski definition) is 6. The lowest BCUT2D eigenvalue weighted by Crippen LogP contribution is -2.44. The molecule has 3 rings (SSSR count).